The zero-order valence-corrected chi connectivity index (χ0v) is 18.4. The van der Waals surface area contributed by atoms with E-state index in [9.17, 15) is 14.4 Å². The number of likely N-dealkylation sites (tertiary alicyclic amines) is 1. The van der Waals surface area contributed by atoms with Gasteiger partial charge in [-0.3, -0.25) is 9.59 Å². The molecule has 3 heterocycles. The van der Waals surface area contributed by atoms with Crippen molar-refractivity contribution in [3.05, 3.63) is 93.9 Å². The number of fused-ring (bicyclic) bond motifs is 4. The van der Waals surface area contributed by atoms with Gasteiger partial charge in [0, 0.05) is 42.5 Å². The molecule has 2 N–H and O–H groups in total. The summed E-state index contributed by atoms with van der Waals surface area (Å²) in [6.07, 6.45) is 0.931. The number of hydrogen-bond donors (Lipinski definition) is 2. The molecular weight excluding hydrogens is 430 g/mol. The van der Waals surface area contributed by atoms with Crippen molar-refractivity contribution in [1.82, 2.24) is 9.47 Å². The lowest BCUT2D eigenvalue weighted by Crippen LogP contribution is -2.49. The van der Waals surface area contributed by atoms with Crippen LogP contribution in [0.4, 0.5) is 16.2 Å². The first-order chi connectivity index (χ1) is 16.5. The van der Waals surface area contributed by atoms with Crippen LogP contribution in [0, 0.1) is 17.2 Å². The van der Waals surface area contributed by atoms with E-state index in [2.05, 4.69) is 10.6 Å². The maximum absolute atomic E-state index is 13.2. The van der Waals surface area contributed by atoms with Crippen LogP contribution in [0.2, 0.25) is 0 Å². The number of benzene rings is 2. The molecule has 2 aliphatic rings. The summed E-state index contributed by atoms with van der Waals surface area (Å²) in [4.78, 5) is 40.5. The van der Waals surface area contributed by atoms with Crippen molar-refractivity contribution in [3.8, 4) is 6.07 Å². The third-order valence-corrected chi connectivity index (χ3v) is 6.41. The van der Waals surface area contributed by atoms with E-state index in [0.29, 0.717) is 36.4 Å². The molecule has 2 aromatic carbocycles. The molecule has 0 saturated carbocycles. The highest BCUT2D eigenvalue weighted by atomic mass is 16.2. The number of urea groups is 1. The molecule has 8 nitrogen and oxygen atoms in total. The van der Waals surface area contributed by atoms with Crippen LogP contribution in [-0.4, -0.2) is 34.5 Å². The van der Waals surface area contributed by atoms with E-state index in [-0.39, 0.29) is 29.0 Å². The zero-order valence-electron chi connectivity index (χ0n) is 18.4. The van der Waals surface area contributed by atoms with E-state index in [1.54, 1.807) is 34.9 Å². The van der Waals surface area contributed by atoms with E-state index in [0.717, 1.165) is 12.1 Å². The summed E-state index contributed by atoms with van der Waals surface area (Å²) in [6, 6.07) is 20.8. The van der Waals surface area contributed by atoms with Gasteiger partial charge in [0.15, 0.2) is 0 Å². The van der Waals surface area contributed by atoms with Crippen LogP contribution in [0.5, 0.6) is 0 Å². The monoisotopic (exact) mass is 453 g/mol. The molecule has 0 radical (unpaired) electrons. The van der Waals surface area contributed by atoms with Gasteiger partial charge in [-0.05, 0) is 54.8 Å². The lowest BCUT2D eigenvalue weighted by atomic mass is 9.83. The second-order valence-electron chi connectivity index (χ2n) is 8.73. The molecule has 170 valence electrons. The standard InChI is InChI=1S/C26H23N5O3/c27-13-17-5-4-8-21(12-17)28-26(34)29-22-9-10-23-20-11-18(15-31(23)25(22)33)14-30(16-20)24(32)19-6-2-1-3-7-19/h1-10,12,18,20H,11,14-16H2,(H2,28,29,34)/t18-,20+/m0/s1. The Morgan fingerprint density at radius 1 is 0.941 bits per heavy atom. The number of anilines is 2. The normalized spacial score (nSPS) is 18.4. The Bertz CT molecular complexity index is 1360. The van der Waals surface area contributed by atoms with Gasteiger partial charge in [-0.25, -0.2) is 4.79 Å². The highest BCUT2D eigenvalue weighted by Gasteiger charge is 2.37. The van der Waals surface area contributed by atoms with Gasteiger partial charge in [-0.2, -0.15) is 5.26 Å². The highest BCUT2D eigenvalue weighted by Crippen LogP contribution is 2.36. The minimum atomic E-state index is -0.552. The van der Waals surface area contributed by atoms with Crippen LogP contribution in [0.1, 0.15) is 34.0 Å². The molecule has 0 aliphatic carbocycles. The highest BCUT2D eigenvalue weighted by molar-refractivity contribution is 5.99. The molecule has 0 spiro atoms. The van der Waals surface area contributed by atoms with Gasteiger partial charge in [0.2, 0.25) is 0 Å². The summed E-state index contributed by atoms with van der Waals surface area (Å²) < 4.78 is 1.73. The average molecular weight is 454 g/mol. The summed E-state index contributed by atoms with van der Waals surface area (Å²) in [5.74, 6) is 0.264. The van der Waals surface area contributed by atoms with Crippen molar-refractivity contribution in [2.24, 2.45) is 5.92 Å². The van der Waals surface area contributed by atoms with E-state index in [4.69, 9.17) is 5.26 Å². The minimum absolute atomic E-state index is 0.0153. The van der Waals surface area contributed by atoms with Gasteiger partial charge in [-0.15, -0.1) is 0 Å². The molecule has 1 aromatic heterocycles. The number of carbonyl (C=O) groups excluding carboxylic acids is 2. The summed E-state index contributed by atoms with van der Waals surface area (Å²) in [5, 5.41) is 14.3. The lowest BCUT2D eigenvalue weighted by molar-refractivity contribution is 0.0594. The second-order valence-corrected chi connectivity index (χ2v) is 8.73. The van der Waals surface area contributed by atoms with Crippen LogP contribution in [0.25, 0.3) is 0 Å². The minimum Gasteiger partial charge on any atom is -0.338 e. The number of pyridine rings is 1. The number of nitrogens with one attached hydrogen (secondary N) is 2. The molecule has 2 atom stereocenters. The smallest absolute Gasteiger partial charge is 0.323 e. The van der Waals surface area contributed by atoms with Crippen molar-refractivity contribution in [3.63, 3.8) is 0 Å². The van der Waals surface area contributed by atoms with E-state index in [1.807, 2.05) is 47.4 Å². The van der Waals surface area contributed by atoms with Crippen molar-refractivity contribution in [1.29, 1.82) is 5.26 Å². The quantitative estimate of drug-likeness (QED) is 0.631. The summed E-state index contributed by atoms with van der Waals surface area (Å²) in [7, 11) is 0. The molecule has 5 rings (SSSR count). The van der Waals surface area contributed by atoms with Crippen LogP contribution >= 0.6 is 0 Å². The second kappa shape index (κ2) is 8.87. The van der Waals surface area contributed by atoms with Crippen LogP contribution in [-0.2, 0) is 6.54 Å². The number of nitriles is 1. The predicted molar refractivity (Wildman–Crippen MR) is 128 cm³/mol. The van der Waals surface area contributed by atoms with E-state index >= 15 is 0 Å². The summed E-state index contributed by atoms with van der Waals surface area (Å²) in [5.41, 5.74) is 2.39. The van der Waals surface area contributed by atoms with Crippen LogP contribution in [0.3, 0.4) is 0 Å². The van der Waals surface area contributed by atoms with Gasteiger partial charge >= 0.3 is 6.03 Å². The third-order valence-electron chi connectivity index (χ3n) is 6.41. The molecule has 3 amide bonds. The molecule has 1 saturated heterocycles. The molecule has 34 heavy (non-hydrogen) atoms. The van der Waals surface area contributed by atoms with Crippen molar-refractivity contribution in [2.75, 3.05) is 23.7 Å². The predicted octanol–water partition coefficient (Wildman–Crippen LogP) is 3.62. The molecule has 2 bridgehead atoms. The first-order valence-electron chi connectivity index (χ1n) is 11.2. The van der Waals surface area contributed by atoms with Gasteiger partial charge in [-0.1, -0.05) is 24.3 Å². The fourth-order valence-corrected chi connectivity index (χ4v) is 4.92. The van der Waals surface area contributed by atoms with E-state index in [1.165, 1.54) is 0 Å². The van der Waals surface area contributed by atoms with Gasteiger partial charge in [0.05, 0.1) is 11.6 Å². The van der Waals surface area contributed by atoms with Crippen LogP contribution < -0.4 is 16.2 Å². The first-order valence-corrected chi connectivity index (χ1v) is 11.2. The molecule has 0 unspecified atom stereocenters. The molecule has 3 aromatic rings. The number of nitrogens with zero attached hydrogens (tertiary/aromatic N) is 3. The number of amides is 3. The molecule has 8 heteroatoms. The Hall–Kier alpha value is -4.38. The zero-order chi connectivity index (χ0) is 23.7. The number of piperidine rings is 1. The number of hydrogen-bond acceptors (Lipinski definition) is 4. The average Bonchev–Trinajstić information content (AvgIpc) is 2.86. The van der Waals surface area contributed by atoms with Gasteiger partial charge < -0.3 is 20.1 Å². The topological polar surface area (TPSA) is 107 Å². The Morgan fingerprint density at radius 2 is 1.76 bits per heavy atom. The fourth-order valence-electron chi connectivity index (χ4n) is 4.92. The number of rotatable bonds is 3. The molecular formula is C26H23N5O3. The Labute approximate surface area is 196 Å². The molecule has 2 aliphatic heterocycles. The maximum atomic E-state index is 13.2. The van der Waals surface area contributed by atoms with Crippen molar-refractivity contribution >= 4 is 23.3 Å². The number of carbonyl (C=O) groups is 2. The Morgan fingerprint density at radius 3 is 2.56 bits per heavy atom. The van der Waals surface area contributed by atoms with Crippen LogP contribution in [0.15, 0.2) is 71.5 Å². The summed E-state index contributed by atoms with van der Waals surface area (Å²) in [6.45, 7) is 1.67. The van der Waals surface area contributed by atoms with Crippen molar-refractivity contribution < 1.29 is 9.59 Å². The van der Waals surface area contributed by atoms with E-state index < -0.39 is 6.03 Å². The van der Waals surface area contributed by atoms with Gasteiger partial charge in [0.1, 0.15) is 5.69 Å². The largest absolute Gasteiger partial charge is 0.338 e. The first kappa shape index (κ1) is 21.5. The lowest BCUT2D eigenvalue weighted by Gasteiger charge is -2.43. The van der Waals surface area contributed by atoms with Crippen molar-refractivity contribution in [2.45, 2.75) is 18.9 Å². The maximum Gasteiger partial charge on any atom is 0.323 e. The fraction of sp³-hybridized carbons (Fsp3) is 0.231. The Kier molecular flexibility index (Phi) is 5.60. The van der Waals surface area contributed by atoms with Gasteiger partial charge in [0.25, 0.3) is 11.5 Å². The SMILES string of the molecule is N#Cc1cccc(NC(=O)Nc2ccc3n(c2=O)C[C@H]2C[C@@H]3CN(C(=O)c3ccccc3)C2)c1. The molecule has 1 fully saturated rings. The third kappa shape index (κ3) is 4.16. The Balaban J connectivity index is 1.32. The number of aromatic nitrogens is 1. The summed E-state index contributed by atoms with van der Waals surface area (Å²) >= 11 is 0.